The smallest absolute Gasteiger partial charge is 0.408 e. The number of carboxylic acids is 1. The number of carbonyl (C=O) groups is 5. The van der Waals surface area contributed by atoms with Crippen LogP contribution < -0.4 is 5.32 Å². The van der Waals surface area contributed by atoms with Gasteiger partial charge in [0.05, 0.1) is 7.11 Å². The molecule has 1 aliphatic heterocycles. The monoisotopic (exact) mass is 485 g/mol. The first-order chi connectivity index (χ1) is 15.5. The van der Waals surface area contributed by atoms with Gasteiger partial charge in [0.2, 0.25) is 11.8 Å². The summed E-state index contributed by atoms with van der Waals surface area (Å²) in [6, 6.07) is -2.91. The number of rotatable bonds is 8. The van der Waals surface area contributed by atoms with Gasteiger partial charge in [0.25, 0.3) is 0 Å². The van der Waals surface area contributed by atoms with Gasteiger partial charge in [-0.05, 0) is 67.7 Å². The highest BCUT2D eigenvalue weighted by Gasteiger charge is 2.45. The molecule has 0 radical (unpaired) electrons. The molecule has 0 aromatic heterocycles. The van der Waals surface area contributed by atoms with E-state index in [9.17, 15) is 24.0 Å². The van der Waals surface area contributed by atoms with Gasteiger partial charge in [0.1, 0.15) is 23.7 Å². The highest BCUT2D eigenvalue weighted by Crippen LogP contribution is 2.28. The van der Waals surface area contributed by atoms with E-state index >= 15 is 0 Å². The van der Waals surface area contributed by atoms with Gasteiger partial charge in [-0.25, -0.2) is 9.59 Å². The SMILES string of the molecule is COC(=O)[C@H](CCC(=O)O)N(C(=O)[C@@H]1CCCN1C(=O)[C@H](C)NC(=O)OC(C)(C)C)C(C)(C)C. The van der Waals surface area contributed by atoms with Crippen LogP contribution in [-0.4, -0.2) is 87.7 Å². The van der Waals surface area contributed by atoms with Crippen LogP contribution in [0.3, 0.4) is 0 Å². The van der Waals surface area contributed by atoms with Gasteiger partial charge in [0.15, 0.2) is 0 Å². The normalized spacial score (nSPS) is 18.0. The predicted molar refractivity (Wildman–Crippen MR) is 123 cm³/mol. The van der Waals surface area contributed by atoms with Gasteiger partial charge < -0.3 is 29.7 Å². The molecule has 1 aliphatic rings. The second kappa shape index (κ2) is 11.5. The van der Waals surface area contributed by atoms with Crippen LogP contribution in [0.4, 0.5) is 4.79 Å². The highest BCUT2D eigenvalue weighted by atomic mass is 16.6. The second-order valence-electron chi connectivity index (χ2n) is 10.4. The van der Waals surface area contributed by atoms with E-state index in [1.807, 2.05) is 0 Å². The fourth-order valence-electron chi connectivity index (χ4n) is 3.94. The van der Waals surface area contributed by atoms with E-state index < -0.39 is 59.1 Å². The molecule has 0 unspecified atom stereocenters. The van der Waals surface area contributed by atoms with E-state index in [0.29, 0.717) is 19.4 Å². The lowest BCUT2D eigenvalue weighted by Gasteiger charge is -2.43. The third-order valence-corrected chi connectivity index (χ3v) is 5.30. The van der Waals surface area contributed by atoms with Crippen molar-refractivity contribution in [3.05, 3.63) is 0 Å². The van der Waals surface area contributed by atoms with Gasteiger partial charge in [0, 0.05) is 18.5 Å². The first kappa shape index (κ1) is 29.2. The number of methoxy groups -OCH3 is 1. The number of nitrogens with one attached hydrogen (secondary N) is 1. The molecule has 3 atom stereocenters. The number of ether oxygens (including phenoxy) is 2. The van der Waals surface area contributed by atoms with Crippen molar-refractivity contribution < 1.29 is 38.6 Å². The van der Waals surface area contributed by atoms with E-state index in [2.05, 4.69) is 5.32 Å². The Morgan fingerprint density at radius 2 is 1.71 bits per heavy atom. The maximum atomic E-state index is 13.7. The minimum Gasteiger partial charge on any atom is -0.481 e. The maximum Gasteiger partial charge on any atom is 0.408 e. The number of hydrogen-bond acceptors (Lipinski definition) is 7. The Kier molecular flexibility index (Phi) is 9.89. The van der Waals surface area contributed by atoms with Crippen molar-refractivity contribution in [2.24, 2.45) is 0 Å². The number of hydrogen-bond donors (Lipinski definition) is 2. The average Bonchev–Trinajstić information content (AvgIpc) is 3.16. The zero-order chi connectivity index (χ0) is 26.4. The number of carboxylic acid groups (broad SMARTS) is 1. The van der Waals surface area contributed by atoms with Crippen LogP contribution in [0.2, 0.25) is 0 Å². The zero-order valence-corrected chi connectivity index (χ0v) is 21.5. The third kappa shape index (κ3) is 8.18. The lowest BCUT2D eigenvalue weighted by atomic mass is 9.97. The quantitative estimate of drug-likeness (QED) is 0.497. The Hall–Kier alpha value is -2.85. The molecular formula is C23H39N3O8. The lowest BCUT2D eigenvalue weighted by molar-refractivity contribution is -0.161. The molecule has 1 rings (SSSR count). The van der Waals surface area contributed by atoms with E-state index in [1.54, 1.807) is 41.5 Å². The molecule has 34 heavy (non-hydrogen) atoms. The molecule has 0 spiro atoms. The summed E-state index contributed by atoms with van der Waals surface area (Å²) >= 11 is 0. The number of nitrogens with zero attached hydrogens (tertiary/aromatic N) is 2. The summed E-state index contributed by atoms with van der Waals surface area (Å²) in [5.74, 6) is -2.74. The van der Waals surface area contributed by atoms with E-state index in [1.165, 1.54) is 23.8 Å². The zero-order valence-electron chi connectivity index (χ0n) is 21.5. The first-order valence-corrected chi connectivity index (χ1v) is 11.4. The molecule has 3 amide bonds. The van der Waals surface area contributed by atoms with Crippen LogP contribution in [0, 0.1) is 0 Å². The summed E-state index contributed by atoms with van der Waals surface area (Å²) < 4.78 is 10.1. The predicted octanol–water partition coefficient (Wildman–Crippen LogP) is 1.92. The number of likely N-dealkylation sites (tertiary alicyclic amines) is 1. The molecule has 0 aliphatic carbocycles. The molecule has 1 saturated heterocycles. The molecule has 0 aromatic rings. The lowest BCUT2D eigenvalue weighted by Crippen LogP contribution is -2.61. The van der Waals surface area contributed by atoms with Crippen LogP contribution in [-0.2, 0) is 28.7 Å². The summed E-state index contributed by atoms with van der Waals surface area (Å²) in [7, 11) is 1.18. The third-order valence-electron chi connectivity index (χ3n) is 5.30. The Morgan fingerprint density at radius 3 is 2.18 bits per heavy atom. The standard InChI is InChI=1S/C23H39N3O8/c1-14(24-21(32)34-23(5,6)7)18(29)25-13-9-10-15(25)19(30)26(22(2,3)4)16(20(31)33-8)11-12-17(27)28/h14-16H,9-13H2,1-8H3,(H,24,32)(H,27,28)/t14-,15-,16-/m0/s1. The summed E-state index contributed by atoms with van der Waals surface area (Å²) in [6.45, 7) is 12.1. The van der Waals surface area contributed by atoms with Crippen molar-refractivity contribution >= 4 is 29.8 Å². The number of esters is 1. The summed E-state index contributed by atoms with van der Waals surface area (Å²) in [6.07, 6.45) is -0.252. The van der Waals surface area contributed by atoms with E-state index in [4.69, 9.17) is 14.6 Å². The van der Waals surface area contributed by atoms with Gasteiger partial charge in [-0.15, -0.1) is 0 Å². The van der Waals surface area contributed by atoms with Crippen molar-refractivity contribution in [3.63, 3.8) is 0 Å². The Morgan fingerprint density at radius 1 is 1.12 bits per heavy atom. The number of alkyl carbamates (subject to hydrolysis) is 1. The molecule has 11 nitrogen and oxygen atoms in total. The number of carbonyl (C=O) groups excluding carboxylic acids is 4. The Balaban J connectivity index is 3.15. The van der Waals surface area contributed by atoms with Gasteiger partial charge in [-0.2, -0.15) is 0 Å². The van der Waals surface area contributed by atoms with Crippen molar-refractivity contribution in [1.82, 2.24) is 15.1 Å². The molecule has 0 aromatic carbocycles. The molecule has 1 fully saturated rings. The Labute approximate surface area is 201 Å². The van der Waals surface area contributed by atoms with Gasteiger partial charge in [-0.1, -0.05) is 0 Å². The van der Waals surface area contributed by atoms with Crippen LogP contribution in [0.1, 0.15) is 74.1 Å². The van der Waals surface area contributed by atoms with Gasteiger partial charge in [-0.3, -0.25) is 14.4 Å². The fourth-order valence-corrected chi connectivity index (χ4v) is 3.94. The molecule has 0 saturated carbocycles. The minimum atomic E-state index is -1.12. The first-order valence-electron chi connectivity index (χ1n) is 11.4. The number of aliphatic carboxylic acids is 1. The summed E-state index contributed by atoms with van der Waals surface area (Å²) in [5.41, 5.74) is -1.59. The fraction of sp³-hybridized carbons (Fsp3) is 0.783. The maximum absolute atomic E-state index is 13.7. The average molecular weight is 486 g/mol. The van der Waals surface area contributed by atoms with E-state index in [0.717, 1.165) is 0 Å². The molecule has 1 heterocycles. The van der Waals surface area contributed by atoms with Crippen molar-refractivity contribution in [1.29, 1.82) is 0 Å². The van der Waals surface area contributed by atoms with Crippen molar-refractivity contribution in [2.45, 2.75) is 103 Å². The number of amides is 3. The van der Waals surface area contributed by atoms with Crippen molar-refractivity contribution in [3.8, 4) is 0 Å². The van der Waals surface area contributed by atoms with E-state index in [-0.39, 0.29) is 12.8 Å². The van der Waals surface area contributed by atoms with Crippen LogP contribution in [0.5, 0.6) is 0 Å². The van der Waals surface area contributed by atoms with Crippen molar-refractivity contribution in [2.75, 3.05) is 13.7 Å². The second-order valence-corrected chi connectivity index (χ2v) is 10.4. The van der Waals surface area contributed by atoms with Crippen LogP contribution >= 0.6 is 0 Å². The summed E-state index contributed by atoms with van der Waals surface area (Å²) in [5, 5.41) is 11.6. The molecule has 194 valence electrons. The molecule has 2 N–H and O–H groups in total. The van der Waals surface area contributed by atoms with Crippen LogP contribution in [0.25, 0.3) is 0 Å². The minimum absolute atomic E-state index is 0.123. The highest BCUT2D eigenvalue weighted by molar-refractivity contribution is 5.94. The van der Waals surface area contributed by atoms with Crippen LogP contribution in [0.15, 0.2) is 0 Å². The van der Waals surface area contributed by atoms with Gasteiger partial charge >= 0.3 is 18.0 Å². The Bertz CT molecular complexity index is 784. The molecular weight excluding hydrogens is 446 g/mol. The molecule has 11 heteroatoms. The topological polar surface area (TPSA) is 143 Å². The molecule has 0 bridgehead atoms. The summed E-state index contributed by atoms with van der Waals surface area (Å²) in [4.78, 5) is 65.3. The largest absolute Gasteiger partial charge is 0.481 e.